The van der Waals surface area contributed by atoms with Gasteiger partial charge in [0.2, 0.25) is 11.8 Å². The number of amides is 2. The molecule has 1 saturated carbocycles. The van der Waals surface area contributed by atoms with E-state index in [-0.39, 0.29) is 11.8 Å². The van der Waals surface area contributed by atoms with E-state index in [2.05, 4.69) is 0 Å². The van der Waals surface area contributed by atoms with E-state index in [4.69, 9.17) is 11.5 Å². The largest absolute Gasteiger partial charge is 0.370 e. The van der Waals surface area contributed by atoms with E-state index in [0.717, 1.165) is 0 Å². The van der Waals surface area contributed by atoms with Gasteiger partial charge in [-0.15, -0.1) is 0 Å². The van der Waals surface area contributed by atoms with Gasteiger partial charge in [0, 0.05) is 12.8 Å². The summed E-state index contributed by atoms with van der Waals surface area (Å²) in [7, 11) is 0. The molecule has 1 fully saturated rings. The van der Waals surface area contributed by atoms with Crippen molar-refractivity contribution in [2.24, 2.45) is 11.5 Å². The number of hydrogen-bond donors (Lipinski definition) is 2. The summed E-state index contributed by atoms with van der Waals surface area (Å²) in [4.78, 5) is 20.3. The third-order valence-corrected chi connectivity index (χ3v) is 2.10. The lowest BCUT2D eigenvalue weighted by molar-refractivity contribution is -0.119. The SMILES string of the molecule is C1CCC1.NC(=O)CCCCC(N)=O. The molecule has 0 aromatic carbocycles. The van der Waals surface area contributed by atoms with Crippen LogP contribution in [0.2, 0.25) is 0 Å². The van der Waals surface area contributed by atoms with Crippen LogP contribution in [0.25, 0.3) is 0 Å². The summed E-state index contributed by atoms with van der Waals surface area (Å²) in [6.45, 7) is 0. The third-order valence-electron chi connectivity index (χ3n) is 2.10. The zero-order valence-electron chi connectivity index (χ0n) is 8.63. The van der Waals surface area contributed by atoms with E-state index in [0.29, 0.717) is 25.7 Å². The standard InChI is InChI=1S/C6H12N2O2.C4H8/c7-5(9)3-1-2-4-6(8)10;1-2-4-3-1/h1-4H2,(H2,7,9)(H2,8,10);1-4H2. The smallest absolute Gasteiger partial charge is 0.217 e. The van der Waals surface area contributed by atoms with Gasteiger partial charge in [0.25, 0.3) is 0 Å². The molecule has 0 atom stereocenters. The molecule has 1 rings (SSSR count). The van der Waals surface area contributed by atoms with Crippen molar-refractivity contribution < 1.29 is 9.59 Å². The van der Waals surface area contributed by atoms with E-state index in [1.165, 1.54) is 25.7 Å². The summed E-state index contributed by atoms with van der Waals surface area (Å²) in [5.74, 6) is -0.658. The van der Waals surface area contributed by atoms with E-state index in [1.54, 1.807) is 0 Å². The first-order valence-electron chi connectivity index (χ1n) is 5.19. The Labute approximate surface area is 85.0 Å². The van der Waals surface area contributed by atoms with Crippen LogP contribution >= 0.6 is 0 Å². The Morgan fingerprint density at radius 3 is 1.21 bits per heavy atom. The monoisotopic (exact) mass is 200 g/mol. The summed E-state index contributed by atoms with van der Waals surface area (Å²) >= 11 is 0. The predicted octanol–water partition coefficient (Wildman–Crippen LogP) is 1.08. The molecule has 0 unspecified atom stereocenters. The van der Waals surface area contributed by atoms with Gasteiger partial charge >= 0.3 is 0 Å². The molecule has 4 heteroatoms. The van der Waals surface area contributed by atoms with Gasteiger partial charge in [0.1, 0.15) is 0 Å². The first-order chi connectivity index (χ1) is 6.63. The van der Waals surface area contributed by atoms with Crippen LogP contribution in [0.15, 0.2) is 0 Å². The van der Waals surface area contributed by atoms with Crippen LogP contribution < -0.4 is 11.5 Å². The molecule has 82 valence electrons. The average molecular weight is 200 g/mol. The molecule has 0 bridgehead atoms. The quantitative estimate of drug-likeness (QED) is 0.650. The third kappa shape index (κ3) is 10.9. The minimum absolute atomic E-state index is 0.329. The highest BCUT2D eigenvalue weighted by Crippen LogP contribution is 2.15. The van der Waals surface area contributed by atoms with Crippen molar-refractivity contribution in [3.05, 3.63) is 0 Å². The van der Waals surface area contributed by atoms with Crippen molar-refractivity contribution in [3.63, 3.8) is 0 Å². The summed E-state index contributed by atoms with van der Waals surface area (Å²) in [5, 5.41) is 0. The Hall–Kier alpha value is -1.06. The van der Waals surface area contributed by atoms with Crippen molar-refractivity contribution in [1.29, 1.82) is 0 Å². The van der Waals surface area contributed by atoms with E-state index in [9.17, 15) is 9.59 Å². The van der Waals surface area contributed by atoms with Gasteiger partial charge in [-0.3, -0.25) is 9.59 Å². The van der Waals surface area contributed by atoms with Crippen LogP contribution in [0.4, 0.5) is 0 Å². The number of primary amides is 2. The van der Waals surface area contributed by atoms with Gasteiger partial charge in [-0.2, -0.15) is 0 Å². The Bertz CT molecular complexity index is 157. The van der Waals surface area contributed by atoms with Crippen molar-refractivity contribution in [1.82, 2.24) is 0 Å². The van der Waals surface area contributed by atoms with Crippen molar-refractivity contribution in [2.75, 3.05) is 0 Å². The molecular formula is C10H20N2O2. The molecule has 0 aliphatic heterocycles. The fourth-order valence-electron chi connectivity index (χ4n) is 0.848. The Balaban J connectivity index is 0.000000344. The first-order valence-corrected chi connectivity index (χ1v) is 5.19. The van der Waals surface area contributed by atoms with Crippen molar-refractivity contribution in [3.8, 4) is 0 Å². The molecule has 0 radical (unpaired) electrons. The summed E-state index contributed by atoms with van der Waals surface area (Å²) in [5.41, 5.74) is 9.71. The molecular weight excluding hydrogens is 180 g/mol. The highest BCUT2D eigenvalue weighted by molar-refractivity contribution is 5.74. The molecule has 14 heavy (non-hydrogen) atoms. The van der Waals surface area contributed by atoms with E-state index in [1.807, 2.05) is 0 Å². The zero-order valence-corrected chi connectivity index (χ0v) is 8.63. The maximum Gasteiger partial charge on any atom is 0.217 e. The van der Waals surface area contributed by atoms with E-state index < -0.39 is 0 Å². The fraction of sp³-hybridized carbons (Fsp3) is 0.800. The highest BCUT2D eigenvalue weighted by atomic mass is 16.1. The van der Waals surface area contributed by atoms with Crippen LogP contribution in [0, 0.1) is 0 Å². The van der Waals surface area contributed by atoms with Crippen LogP contribution in [0.3, 0.4) is 0 Å². The van der Waals surface area contributed by atoms with Gasteiger partial charge in [0.15, 0.2) is 0 Å². The molecule has 0 spiro atoms. The second-order valence-corrected chi connectivity index (χ2v) is 3.55. The lowest BCUT2D eigenvalue weighted by atomic mass is 10.0. The maximum absolute atomic E-state index is 10.2. The molecule has 1 aliphatic rings. The fourth-order valence-corrected chi connectivity index (χ4v) is 0.848. The molecule has 0 heterocycles. The lowest BCUT2D eigenvalue weighted by Crippen LogP contribution is -2.12. The highest BCUT2D eigenvalue weighted by Gasteiger charge is 1.96. The molecule has 4 nitrogen and oxygen atoms in total. The molecule has 0 saturated heterocycles. The van der Waals surface area contributed by atoms with Crippen LogP contribution in [0.1, 0.15) is 51.4 Å². The Kier molecular flexibility index (Phi) is 7.89. The number of hydrogen-bond acceptors (Lipinski definition) is 2. The molecule has 0 aromatic heterocycles. The molecule has 0 aromatic rings. The molecule has 4 N–H and O–H groups in total. The first kappa shape index (κ1) is 12.9. The van der Waals surface area contributed by atoms with Gasteiger partial charge in [0.05, 0.1) is 0 Å². The normalized spacial score (nSPS) is 13.4. The Morgan fingerprint density at radius 2 is 1.07 bits per heavy atom. The predicted molar refractivity (Wildman–Crippen MR) is 55.3 cm³/mol. The summed E-state index contributed by atoms with van der Waals surface area (Å²) < 4.78 is 0. The van der Waals surface area contributed by atoms with Gasteiger partial charge in [-0.25, -0.2) is 0 Å². The summed E-state index contributed by atoms with van der Waals surface area (Å²) in [6, 6.07) is 0. The minimum Gasteiger partial charge on any atom is -0.370 e. The van der Waals surface area contributed by atoms with Crippen LogP contribution in [0.5, 0.6) is 0 Å². The van der Waals surface area contributed by atoms with Gasteiger partial charge < -0.3 is 11.5 Å². The zero-order chi connectivity index (χ0) is 10.8. The average Bonchev–Trinajstić information content (AvgIpc) is 1.94. The van der Waals surface area contributed by atoms with Crippen molar-refractivity contribution in [2.45, 2.75) is 51.4 Å². The van der Waals surface area contributed by atoms with Crippen LogP contribution in [-0.4, -0.2) is 11.8 Å². The number of carbonyl (C=O) groups excluding carboxylic acids is 2. The Morgan fingerprint density at radius 1 is 0.786 bits per heavy atom. The van der Waals surface area contributed by atoms with Crippen LogP contribution in [-0.2, 0) is 9.59 Å². The number of rotatable bonds is 5. The molecule has 1 aliphatic carbocycles. The number of carbonyl (C=O) groups is 2. The second-order valence-electron chi connectivity index (χ2n) is 3.55. The van der Waals surface area contributed by atoms with E-state index >= 15 is 0 Å². The molecule has 2 amide bonds. The minimum atomic E-state index is -0.329. The lowest BCUT2D eigenvalue weighted by Gasteiger charge is -2.05. The van der Waals surface area contributed by atoms with Crippen molar-refractivity contribution >= 4 is 11.8 Å². The maximum atomic E-state index is 10.2. The summed E-state index contributed by atoms with van der Waals surface area (Å²) in [6.07, 6.45) is 7.98. The second kappa shape index (κ2) is 8.53. The topological polar surface area (TPSA) is 86.2 Å². The van der Waals surface area contributed by atoms with Gasteiger partial charge in [-0.1, -0.05) is 25.7 Å². The number of unbranched alkanes of at least 4 members (excludes halogenated alkanes) is 1. The van der Waals surface area contributed by atoms with Gasteiger partial charge in [-0.05, 0) is 12.8 Å². The number of nitrogens with two attached hydrogens (primary N) is 2.